The topological polar surface area (TPSA) is 71.8 Å². The fourth-order valence-electron chi connectivity index (χ4n) is 4.96. The van der Waals surface area contributed by atoms with Crippen LogP contribution in [0.5, 0.6) is 5.75 Å². The molecule has 3 aromatic carbocycles. The maximum Gasteiger partial charge on any atom is 0.287 e. The van der Waals surface area contributed by atoms with Gasteiger partial charge in [0.05, 0.1) is 6.04 Å². The predicted molar refractivity (Wildman–Crippen MR) is 151 cm³/mol. The van der Waals surface area contributed by atoms with Crippen LogP contribution >= 0.6 is 0 Å². The van der Waals surface area contributed by atoms with Crippen LogP contribution in [0.1, 0.15) is 68.8 Å². The maximum atomic E-state index is 13.7. The van der Waals surface area contributed by atoms with Crippen molar-refractivity contribution < 1.29 is 18.7 Å². The minimum atomic E-state index is -0.232. The Morgan fingerprint density at radius 1 is 1.00 bits per heavy atom. The Hall–Kier alpha value is -4.32. The molecular formula is C33H34N2O4. The highest BCUT2D eigenvalue weighted by molar-refractivity contribution is 5.95. The third-order valence-corrected chi connectivity index (χ3v) is 6.92. The van der Waals surface area contributed by atoms with Crippen LogP contribution in [0.25, 0.3) is 0 Å². The van der Waals surface area contributed by atoms with Gasteiger partial charge < -0.3 is 19.4 Å². The predicted octanol–water partition coefficient (Wildman–Crippen LogP) is 6.34. The van der Waals surface area contributed by atoms with E-state index < -0.39 is 0 Å². The van der Waals surface area contributed by atoms with E-state index in [1.54, 1.807) is 12.1 Å². The number of furan rings is 1. The Kier molecular flexibility index (Phi) is 7.82. The van der Waals surface area contributed by atoms with Gasteiger partial charge in [-0.3, -0.25) is 9.59 Å². The van der Waals surface area contributed by atoms with E-state index in [1.807, 2.05) is 67.3 Å². The van der Waals surface area contributed by atoms with Gasteiger partial charge in [-0.1, -0.05) is 67.9 Å². The second kappa shape index (κ2) is 11.6. The standard InChI is InChI=1S/C33H34N2O4/c1-22(2)20-34-32(36)30-15-14-28(39-30)21-38-27-13-12-24-16-17-35(33(37)25-9-5-4-6-10-25)31(29(24)19-27)26-11-7-8-23(3)18-26/h4-15,18-19,22,31H,16-17,20-21H2,1-3H3,(H,34,36). The number of fused-ring (bicyclic) bond motifs is 1. The third-order valence-electron chi connectivity index (χ3n) is 6.92. The zero-order chi connectivity index (χ0) is 27.4. The summed E-state index contributed by atoms with van der Waals surface area (Å²) in [7, 11) is 0. The molecule has 0 spiro atoms. The highest BCUT2D eigenvalue weighted by atomic mass is 16.5. The molecule has 0 bridgehead atoms. The summed E-state index contributed by atoms with van der Waals surface area (Å²) in [5.74, 6) is 1.67. The van der Waals surface area contributed by atoms with Crippen LogP contribution in [0.3, 0.4) is 0 Å². The van der Waals surface area contributed by atoms with Crippen molar-refractivity contribution in [2.45, 2.75) is 39.8 Å². The quantitative estimate of drug-likeness (QED) is 0.293. The second-order valence-corrected chi connectivity index (χ2v) is 10.5. The average Bonchev–Trinajstić information content (AvgIpc) is 3.43. The van der Waals surface area contributed by atoms with Gasteiger partial charge in [0, 0.05) is 18.7 Å². The first-order chi connectivity index (χ1) is 18.9. The second-order valence-electron chi connectivity index (χ2n) is 10.5. The number of carbonyl (C=O) groups excluding carboxylic acids is 2. The largest absolute Gasteiger partial charge is 0.486 e. The van der Waals surface area contributed by atoms with Crippen LogP contribution in [-0.4, -0.2) is 29.8 Å². The summed E-state index contributed by atoms with van der Waals surface area (Å²) < 4.78 is 11.8. The summed E-state index contributed by atoms with van der Waals surface area (Å²) in [6, 6.07) is 27.1. The molecule has 4 aromatic rings. The normalized spacial score (nSPS) is 14.7. The van der Waals surface area contributed by atoms with Crippen LogP contribution < -0.4 is 10.1 Å². The van der Waals surface area contributed by atoms with E-state index in [0.29, 0.717) is 36.1 Å². The summed E-state index contributed by atoms with van der Waals surface area (Å²) in [4.78, 5) is 27.9. The SMILES string of the molecule is Cc1cccc(C2c3cc(OCc4ccc(C(=O)NCC(C)C)o4)ccc3CCN2C(=O)c2ccccc2)c1. The fourth-order valence-corrected chi connectivity index (χ4v) is 4.96. The molecule has 1 atom stereocenters. The Bertz CT molecular complexity index is 1460. The molecule has 0 aliphatic carbocycles. The van der Waals surface area contributed by atoms with E-state index in [4.69, 9.17) is 9.15 Å². The molecule has 0 saturated carbocycles. The molecular weight excluding hydrogens is 488 g/mol. The van der Waals surface area contributed by atoms with Crippen LogP contribution in [0.2, 0.25) is 0 Å². The monoisotopic (exact) mass is 522 g/mol. The van der Waals surface area contributed by atoms with Gasteiger partial charge in [-0.15, -0.1) is 0 Å². The summed E-state index contributed by atoms with van der Waals surface area (Å²) in [6.07, 6.45) is 0.767. The number of hydrogen-bond acceptors (Lipinski definition) is 4. The highest BCUT2D eigenvalue weighted by Crippen LogP contribution is 2.38. The van der Waals surface area contributed by atoms with E-state index in [9.17, 15) is 9.59 Å². The molecule has 2 amide bonds. The third kappa shape index (κ3) is 6.06. The molecule has 39 heavy (non-hydrogen) atoms. The lowest BCUT2D eigenvalue weighted by atomic mass is 9.87. The number of rotatable bonds is 8. The van der Waals surface area contributed by atoms with Crippen molar-refractivity contribution in [2.75, 3.05) is 13.1 Å². The Balaban J connectivity index is 1.39. The molecule has 1 aliphatic heterocycles. The van der Waals surface area contributed by atoms with Crippen LogP contribution in [0.15, 0.2) is 89.3 Å². The first kappa shape index (κ1) is 26.3. The van der Waals surface area contributed by atoms with Crippen LogP contribution in [0.4, 0.5) is 0 Å². The van der Waals surface area contributed by atoms with Gasteiger partial charge in [0.2, 0.25) is 0 Å². The smallest absolute Gasteiger partial charge is 0.287 e. The van der Waals surface area contributed by atoms with Crippen molar-refractivity contribution in [1.29, 1.82) is 0 Å². The summed E-state index contributed by atoms with van der Waals surface area (Å²) in [5.41, 5.74) is 5.15. The first-order valence-electron chi connectivity index (χ1n) is 13.4. The Labute approximate surface area is 229 Å². The maximum absolute atomic E-state index is 13.7. The first-order valence-corrected chi connectivity index (χ1v) is 13.4. The Morgan fingerprint density at radius 3 is 2.59 bits per heavy atom. The molecule has 0 saturated heterocycles. The van der Waals surface area contributed by atoms with Crippen molar-refractivity contribution in [3.63, 3.8) is 0 Å². The number of aryl methyl sites for hydroxylation is 1. The van der Waals surface area contributed by atoms with Gasteiger partial charge in [-0.05, 0) is 72.4 Å². The van der Waals surface area contributed by atoms with Crippen molar-refractivity contribution in [2.24, 2.45) is 5.92 Å². The number of nitrogens with one attached hydrogen (secondary N) is 1. The van der Waals surface area contributed by atoms with E-state index in [1.165, 1.54) is 5.56 Å². The molecule has 1 unspecified atom stereocenters. The van der Waals surface area contributed by atoms with Gasteiger partial charge in [-0.2, -0.15) is 0 Å². The molecule has 1 N–H and O–H groups in total. The number of amides is 2. The van der Waals surface area contributed by atoms with E-state index in [0.717, 1.165) is 23.1 Å². The molecule has 1 aromatic heterocycles. The van der Waals surface area contributed by atoms with Crippen molar-refractivity contribution >= 4 is 11.8 Å². The van der Waals surface area contributed by atoms with E-state index >= 15 is 0 Å². The summed E-state index contributed by atoms with van der Waals surface area (Å²) in [6.45, 7) is 7.57. The minimum absolute atomic E-state index is 0.0120. The number of benzene rings is 3. The highest BCUT2D eigenvalue weighted by Gasteiger charge is 2.33. The van der Waals surface area contributed by atoms with E-state index in [-0.39, 0.29) is 30.2 Å². The van der Waals surface area contributed by atoms with E-state index in [2.05, 4.69) is 36.5 Å². The number of carbonyl (C=O) groups is 2. The van der Waals surface area contributed by atoms with Crippen LogP contribution in [-0.2, 0) is 13.0 Å². The number of hydrogen-bond donors (Lipinski definition) is 1. The molecule has 6 heteroatoms. The van der Waals surface area contributed by atoms with Gasteiger partial charge in [0.25, 0.3) is 11.8 Å². The zero-order valence-corrected chi connectivity index (χ0v) is 22.6. The Morgan fingerprint density at radius 2 is 1.82 bits per heavy atom. The lowest BCUT2D eigenvalue weighted by molar-refractivity contribution is 0.0694. The summed E-state index contributed by atoms with van der Waals surface area (Å²) >= 11 is 0. The van der Waals surface area contributed by atoms with Gasteiger partial charge in [0.15, 0.2) is 5.76 Å². The van der Waals surface area contributed by atoms with Crippen LogP contribution in [0, 0.1) is 12.8 Å². The average molecular weight is 523 g/mol. The summed E-state index contributed by atoms with van der Waals surface area (Å²) in [5, 5.41) is 2.86. The molecule has 2 heterocycles. The molecule has 5 rings (SSSR count). The van der Waals surface area contributed by atoms with Crippen molar-refractivity contribution in [3.8, 4) is 5.75 Å². The minimum Gasteiger partial charge on any atom is -0.486 e. The van der Waals surface area contributed by atoms with Crippen molar-refractivity contribution in [3.05, 3.63) is 124 Å². The van der Waals surface area contributed by atoms with Gasteiger partial charge in [-0.25, -0.2) is 0 Å². The lowest BCUT2D eigenvalue weighted by Gasteiger charge is -2.38. The molecule has 0 radical (unpaired) electrons. The number of nitrogens with zero attached hydrogens (tertiary/aromatic N) is 1. The molecule has 0 fully saturated rings. The molecule has 200 valence electrons. The zero-order valence-electron chi connectivity index (χ0n) is 22.6. The van der Waals surface area contributed by atoms with Crippen molar-refractivity contribution in [1.82, 2.24) is 10.2 Å². The fraction of sp³-hybridized carbons (Fsp3) is 0.273. The van der Waals surface area contributed by atoms with Gasteiger partial charge >= 0.3 is 0 Å². The number of ether oxygens (including phenoxy) is 1. The molecule has 1 aliphatic rings. The van der Waals surface area contributed by atoms with Gasteiger partial charge in [0.1, 0.15) is 18.1 Å². The lowest BCUT2D eigenvalue weighted by Crippen LogP contribution is -2.40. The molecule has 6 nitrogen and oxygen atoms in total.